The second-order valence-corrected chi connectivity index (χ2v) is 5.02. The molecule has 0 saturated heterocycles. The molecule has 88 valence electrons. The van der Waals surface area contributed by atoms with Gasteiger partial charge in [0, 0.05) is 5.56 Å². The van der Waals surface area contributed by atoms with Gasteiger partial charge in [0.2, 0.25) is 0 Å². The lowest BCUT2D eigenvalue weighted by molar-refractivity contribution is 0.527. The molecule has 0 heterocycles. The minimum Gasteiger partial charge on any atom is -0.318 e. The van der Waals surface area contributed by atoms with Crippen molar-refractivity contribution in [3.63, 3.8) is 0 Å². The second-order valence-electron chi connectivity index (χ2n) is 4.17. The van der Waals surface area contributed by atoms with Crippen LogP contribution in [0.5, 0.6) is 0 Å². The van der Waals surface area contributed by atoms with E-state index < -0.39 is 5.54 Å². The van der Waals surface area contributed by atoms with Gasteiger partial charge in [0.25, 0.3) is 0 Å². The summed E-state index contributed by atoms with van der Waals surface area (Å²) < 4.78 is 14.5. The molecule has 2 aromatic rings. The number of rotatable bonds is 2. The Morgan fingerprint density at radius 2 is 1.71 bits per heavy atom. The standard InChI is InChI=1S/C14H13BrFN/c1-14(17,10-6-3-2-4-7-10)11-8-5-9-12(15)13(11)16/h2-9H,17H2,1H3. The van der Waals surface area contributed by atoms with Crippen molar-refractivity contribution in [2.24, 2.45) is 5.73 Å². The third kappa shape index (κ3) is 2.26. The molecule has 0 bridgehead atoms. The monoisotopic (exact) mass is 293 g/mol. The molecule has 0 amide bonds. The van der Waals surface area contributed by atoms with E-state index in [9.17, 15) is 4.39 Å². The van der Waals surface area contributed by atoms with Crippen molar-refractivity contribution < 1.29 is 4.39 Å². The van der Waals surface area contributed by atoms with Crippen molar-refractivity contribution >= 4 is 15.9 Å². The van der Waals surface area contributed by atoms with Crippen molar-refractivity contribution in [1.82, 2.24) is 0 Å². The molecular formula is C14H13BrFN. The van der Waals surface area contributed by atoms with Crippen LogP contribution in [0.1, 0.15) is 18.1 Å². The van der Waals surface area contributed by atoms with Gasteiger partial charge in [0.15, 0.2) is 0 Å². The van der Waals surface area contributed by atoms with Gasteiger partial charge in [-0.15, -0.1) is 0 Å². The quantitative estimate of drug-likeness (QED) is 0.895. The van der Waals surface area contributed by atoms with Crippen molar-refractivity contribution in [2.45, 2.75) is 12.5 Å². The van der Waals surface area contributed by atoms with Crippen LogP contribution in [0.25, 0.3) is 0 Å². The molecule has 2 rings (SSSR count). The van der Waals surface area contributed by atoms with Gasteiger partial charge in [-0.1, -0.05) is 42.5 Å². The maximum atomic E-state index is 14.1. The Morgan fingerprint density at radius 3 is 2.35 bits per heavy atom. The van der Waals surface area contributed by atoms with E-state index in [4.69, 9.17) is 5.73 Å². The van der Waals surface area contributed by atoms with E-state index in [1.807, 2.05) is 37.3 Å². The van der Waals surface area contributed by atoms with E-state index in [0.717, 1.165) is 5.56 Å². The topological polar surface area (TPSA) is 26.0 Å². The zero-order chi connectivity index (χ0) is 12.5. The average molecular weight is 294 g/mol. The molecule has 1 atom stereocenters. The maximum absolute atomic E-state index is 14.1. The minimum atomic E-state index is -0.838. The van der Waals surface area contributed by atoms with Crippen molar-refractivity contribution in [1.29, 1.82) is 0 Å². The van der Waals surface area contributed by atoms with E-state index in [-0.39, 0.29) is 5.82 Å². The van der Waals surface area contributed by atoms with Gasteiger partial charge in [0.1, 0.15) is 5.82 Å². The number of benzene rings is 2. The highest BCUT2D eigenvalue weighted by Crippen LogP contribution is 2.31. The Morgan fingerprint density at radius 1 is 1.06 bits per heavy atom. The van der Waals surface area contributed by atoms with Crippen LogP contribution in [0, 0.1) is 5.82 Å². The molecule has 2 N–H and O–H groups in total. The van der Waals surface area contributed by atoms with E-state index in [2.05, 4.69) is 15.9 Å². The van der Waals surface area contributed by atoms with Crippen molar-refractivity contribution in [2.75, 3.05) is 0 Å². The lowest BCUT2D eigenvalue weighted by Gasteiger charge is -2.26. The fourth-order valence-electron chi connectivity index (χ4n) is 1.84. The summed E-state index contributed by atoms with van der Waals surface area (Å²) in [5.41, 5.74) is 6.80. The minimum absolute atomic E-state index is 0.304. The third-order valence-corrected chi connectivity index (χ3v) is 3.50. The molecule has 0 radical (unpaired) electrons. The molecule has 2 aromatic carbocycles. The van der Waals surface area contributed by atoms with E-state index in [1.54, 1.807) is 18.2 Å². The fraction of sp³-hybridized carbons (Fsp3) is 0.143. The first-order valence-electron chi connectivity index (χ1n) is 5.32. The molecule has 1 unspecified atom stereocenters. The summed E-state index contributed by atoms with van der Waals surface area (Å²) in [4.78, 5) is 0. The van der Waals surface area contributed by atoms with Crippen LogP contribution in [-0.4, -0.2) is 0 Å². The zero-order valence-corrected chi connectivity index (χ0v) is 11.0. The average Bonchev–Trinajstić information content (AvgIpc) is 2.33. The summed E-state index contributed by atoms with van der Waals surface area (Å²) in [5, 5.41) is 0. The normalized spacial score (nSPS) is 14.4. The molecule has 0 aliphatic rings. The summed E-state index contributed by atoms with van der Waals surface area (Å²) in [6, 6.07) is 14.7. The highest BCUT2D eigenvalue weighted by atomic mass is 79.9. The van der Waals surface area contributed by atoms with Gasteiger partial charge < -0.3 is 5.73 Å². The molecule has 0 aliphatic carbocycles. The molecule has 0 spiro atoms. The summed E-state index contributed by atoms with van der Waals surface area (Å²) in [7, 11) is 0. The van der Waals surface area contributed by atoms with E-state index >= 15 is 0 Å². The molecule has 0 aromatic heterocycles. The Balaban J connectivity index is 2.56. The molecule has 1 nitrogen and oxygen atoms in total. The Labute approximate surface area is 109 Å². The van der Waals surface area contributed by atoms with Gasteiger partial charge in [-0.05, 0) is 34.5 Å². The molecule has 0 aliphatic heterocycles. The predicted molar refractivity (Wildman–Crippen MR) is 71.2 cm³/mol. The smallest absolute Gasteiger partial charge is 0.142 e. The first kappa shape index (κ1) is 12.3. The molecule has 3 heteroatoms. The van der Waals surface area contributed by atoms with Crippen LogP contribution >= 0.6 is 15.9 Å². The van der Waals surface area contributed by atoms with Crippen LogP contribution in [0.3, 0.4) is 0 Å². The van der Waals surface area contributed by atoms with Crippen LogP contribution < -0.4 is 5.73 Å². The lowest BCUT2D eigenvalue weighted by Crippen LogP contribution is -2.35. The summed E-state index contributed by atoms with van der Waals surface area (Å²) in [6.07, 6.45) is 0. The van der Waals surface area contributed by atoms with Crippen molar-refractivity contribution in [3.05, 3.63) is 69.9 Å². The maximum Gasteiger partial charge on any atom is 0.142 e. The number of hydrogen-bond acceptors (Lipinski definition) is 1. The molecule has 17 heavy (non-hydrogen) atoms. The second kappa shape index (κ2) is 4.59. The summed E-state index contributed by atoms with van der Waals surface area (Å²) in [5.74, 6) is -0.304. The first-order valence-corrected chi connectivity index (χ1v) is 6.11. The van der Waals surface area contributed by atoms with Crippen LogP contribution in [0.2, 0.25) is 0 Å². The molecule has 0 saturated carbocycles. The summed E-state index contributed by atoms with van der Waals surface area (Å²) in [6.45, 7) is 1.81. The predicted octanol–water partition coefficient (Wildman–Crippen LogP) is 3.81. The van der Waals surface area contributed by atoms with Gasteiger partial charge in [-0.2, -0.15) is 0 Å². The van der Waals surface area contributed by atoms with Gasteiger partial charge in [0.05, 0.1) is 10.0 Å². The lowest BCUT2D eigenvalue weighted by atomic mass is 9.85. The SMILES string of the molecule is CC(N)(c1ccccc1)c1cccc(Br)c1F. The van der Waals surface area contributed by atoms with Gasteiger partial charge in [-0.25, -0.2) is 4.39 Å². The van der Waals surface area contributed by atoms with Crippen LogP contribution in [-0.2, 0) is 5.54 Å². The number of halogens is 2. The van der Waals surface area contributed by atoms with Crippen LogP contribution in [0.15, 0.2) is 53.0 Å². The molecular weight excluding hydrogens is 281 g/mol. The van der Waals surface area contributed by atoms with E-state index in [0.29, 0.717) is 10.0 Å². The van der Waals surface area contributed by atoms with Gasteiger partial charge in [-0.3, -0.25) is 0 Å². The first-order chi connectivity index (χ1) is 8.03. The fourth-order valence-corrected chi connectivity index (χ4v) is 2.21. The summed E-state index contributed by atoms with van der Waals surface area (Å²) >= 11 is 3.18. The largest absolute Gasteiger partial charge is 0.318 e. The third-order valence-electron chi connectivity index (χ3n) is 2.88. The Kier molecular flexibility index (Phi) is 3.31. The van der Waals surface area contributed by atoms with Crippen molar-refractivity contribution in [3.8, 4) is 0 Å². The highest BCUT2D eigenvalue weighted by Gasteiger charge is 2.27. The highest BCUT2D eigenvalue weighted by molar-refractivity contribution is 9.10. The Hall–Kier alpha value is -1.19. The van der Waals surface area contributed by atoms with Crippen LogP contribution in [0.4, 0.5) is 4.39 Å². The molecule has 0 fully saturated rings. The number of nitrogens with two attached hydrogens (primary N) is 1. The Bertz CT molecular complexity index is 523. The number of hydrogen-bond donors (Lipinski definition) is 1. The van der Waals surface area contributed by atoms with E-state index in [1.165, 1.54) is 0 Å². The van der Waals surface area contributed by atoms with Gasteiger partial charge >= 0.3 is 0 Å². The zero-order valence-electron chi connectivity index (χ0n) is 9.45.